The van der Waals surface area contributed by atoms with E-state index in [1.54, 1.807) is 0 Å². The number of hydrogen-bond acceptors (Lipinski definition) is 3. The second-order valence-electron chi connectivity index (χ2n) is 5.93. The highest BCUT2D eigenvalue weighted by Crippen LogP contribution is 2.17. The van der Waals surface area contributed by atoms with Crippen LogP contribution in [0.3, 0.4) is 0 Å². The zero-order valence-electron chi connectivity index (χ0n) is 12.1. The van der Waals surface area contributed by atoms with Gasteiger partial charge in [0.05, 0.1) is 6.04 Å². The molecule has 0 saturated carbocycles. The SMILES string of the molecule is CN1CCCC1CNC(=O)[C@@H]1Cc2ccccc2CN1. The lowest BCUT2D eigenvalue weighted by atomic mass is 9.95. The zero-order chi connectivity index (χ0) is 13.9. The molecule has 1 unspecified atom stereocenters. The number of likely N-dealkylation sites (N-methyl/N-ethyl adjacent to an activating group) is 1. The standard InChI is InChI=1S/C16H23N3O/c1-19-8-4-7-14(19)11-18-16(20)15-9-12-5-2-3-6-13(12)10-17-15/h2-3,5-6,14-15,17H,4,7-11H2,1H3,(H,18,20)/t14?,15-/m0/s1. The lowest BCUT2D eigenvalue weighted by molar-refractivity contribution is -0.123. The fourth-order valence-corrected chi connectivity index (χ4v) is 3.22. The molecule has 0 aliphatic carbocycles. The molecule has 4 nitrogen and oxygen atoms in total. The fraction of sp³-hybridized carbons (Fsp3) is 0.562. The minimum absolute atomic E-state index is 0.0865. The summed E-state index contributed by atoms with van der Waals surface area (Å²) < 4.78 is 0. The number of hydrogen-bond donors (Lipinski definition) is 2. The number of carbonyl (C=O) groups excluding carboxylic acids is 1. The lowest BCUT2D eigenvalue weighted by Crippen LogP contribution is -2.50. The van der Waals surface area contributed by atoms with Crippen LogP contribution >= 0.6 is 0 Å². The number of carbonyl (C=O) groups is 1. The van der Waals surface area contributed by atoms with Crippen LogP contribution in [0.25, 0.3) is 0 Å². The molecule has 3 rings (SSSR count). The van der Waals surface area contributed by atoms with Crippen molar-refractivity contribution in [2.75, 3.05) is 20.1 Å². The molecule has 4 heteroatoms. The zero-order valence-corrected chi connectivity index (χ0v) is 12.1. The van der Waals surface area contributed by atoms with Crippen LogP contribution in [0.2, 0.25) is 0 Å². The van der Waals surface area contributed by atoms with Crippen molar-refractivity contribution in [1.82, 2.24) is 15.5 Å². The first-order valence-electron chi connectivity index (χ1n) is 7.52. The van der Waals surface area contributed by atoms with Crippen LogP contribution in [-0.2, 0) is 17.8 Å². The summed E-state index contributed by atoms with van der Waals surface area (Å²) in [5.41, 5.74) is 2.61. The van der Waals surface area contributed by atoms with Crippen LogP contribution in [0.15, 0.2) is 24.3 Å². The van der Waals surface area contributed by atoms with Crippen LogP contribution in [0, 0.1) is 0 Å². The average molecular weight is 273 g/mol. The molecule has 1 fully saturated rings. The van der Waals surface area contributed by atoms with Crippen LogP contribution in [-0.4, -0.2) is 43.0 Å². The van der Waals surface area contributed by atoms with Gasteiger partial charge in [-0.25, -0.2) is 0 Å². The predicted molar refractivity (Wildman–Crippen MR) is 79.4 cm³/mol. The van der Waals surface area contributed by atoms with Crippen LogP contribution in [0.4, 0.5) is 0 Å². The van der Waals surface area contributed by atoms with E-state index in [2.05, 4.69) is 40.8 Å². The molecule has 2 heterocycles. The summed E-state index contributed by atoms with van der Waals surface area (Å²) in [5.74, 6) is 0.139. The molecule has 1 aromatic rings. The molecule has 0 spiro atoms. The Morgan fingerprint density at radius 2 is 2.20 bits per heavy atom. The molecule has 2 aliphatic rings. The molecular weight excluding hydrogens is 250 g/mol. The third-order valence-electron chi connectivity index (χ3n) is 4.58. The van der Waals surface area contributed by atoms with Crippen LogP contribution in [0.1, 0.15) is 24.0 Å². The van der Waals surface area contributed by atoms with Crippen molar-refractivity contribution in [3.63, 3.8) is 0 Å². The summed E-state index contributed by atoms with van der Waals surface area (Å²) in [6.45, 7) is 2.71. The summed E-state index contributed by atoms with van der Waals surface area (Å²) in [6, 6.07) is 8.78. The molecule has 2 aliphatic heterocycles. The summed E-state index contributed by atoms with van der Waals surface area (Å²) in [6.07, 6.45) is 3.23. The first kappa shape index (κ1) is 13.6. The van der Waals surface area contributed by atoms with Gasteiger partial charge >= 0.3 is 0 Å². The van der Waals surface area contributed by atoms with Gasteiger partial charge in [-0.1, -0.05) is 24.3 Å². The number of likely N-dealkylation sites (tertiary alicyclic amines) is 1. The monoisotopic (exact) mass is 273 g/mol. The molecule has 20 heavy (non-hydrogen) atoms. The Kier molecular flexibility index (Phi) is 4.03. The topological polar surface area (TPSA) is 44.4 Å². The van der Waals surface area contributed by atoms with E-state index >= 15 is 0 Å². The average Bonchev–Trinajstić information content (AvgIpc) is 2.89. The Balaban J connectivity index is 1.54. The Hall–Kier alpha value is -1.39. The third kappa shape index (κ3) is 2.86. The van der Waals surface area contributed by atoms with Crippen molar-refractivity contribution in [2.45, 2.75) is 37.9 Å². The maximum absolute atomic E-state index is 12.3. The van der Waals surface area contributed by atoms with Gasteiger partial charge in [0, 0.05) is 19.1 Å². The van der Waals surface area contributed by atoms with Gasteiger partial charge in [-0.3, -0.25) is 4.79 Å². The van der Waals surface area contributed by atoms with Gasteiger partial charge in [0.2, 0.25) is 5.91 Å². The summed E-state index contributed by atoms with van der Waals surface area (Å²) in [5, 5.41) is 6.45. The van der Waals surface area contributed by atoms with Crippen molar-refractivity contribution in [3.05, 3.63) is 35.4 Å². The number of amides is 1. The van der Waals surface area contributed by atoms with E-state index in [-0.39, 0.29) is 11.9 Å². The van der Waals surface area contributed by atoms with Crippen LogP contribution < -0.4 is 10.6 Å². The Morgan fingerprint density at radius 1 is 1.40 bits per heavy atom. The molecule has 0 aromatic heterocycles. The first-order chi connectivity index (χ1) is 9.74. The summed E-state index contributed by atoms with van der Waals surface area (Å²) >= 11 is 0. The highest BCUT2D eigenvalue weighted by molar-refractivity contribution is 5.82. The Labute approximate surface area is 120 Å². The molecular formula is C16H23N3O. The molecule has 2 atom stereocenters. The van der Waals surface area contributed by atoms with Gasteiger partial charge in [0.15, 0.2) is 0 Å². The lowest BCUT2D eigenvalue weighted by Gasteiger charge is -2.26. The van der Waals surface area contributed by atoms with Gasteiger partial charge in [0.1, 0.15) is 0 Å². The van der Waals surface area contributed by atoms with Crippen molar-refractivity contribution in [1.29, 1.82) is 0 Å². The third-order valence-corrected chi connectivity index (χ3v) is 4.58. The number of nitrogens with one attached hydrogen (secondary N) is 2. The van der Waals surface area contributed by atoms with E-state index in [4.69, 9.17) is 0 Å². The molecule has 0 radical (unpaired) electrons. The van der Waals surface area contributed by atoms with Gasteiger partial charge in [-0.2, -0.15) is 0 Å². The van der Waals surface area contributed by atoms with E-state index < -0.39 is 0 Å². The van der Waals surface area contributed by atoms with Crippen molar-refractivity contribution < 1.29 is 4.79 Å². The van der Waals surface area contributed by atoms with Crippen molar-refractivity contribution in [2.24, 2.45) is 0 Å². The van der Waals surface area contributed by atoms with Crippen molar-refractivity contribution >= 4 is 5.91 Å². The Bertz CT molecular complexity index is 488. The van der Waals surface area contributed by atoms with Crippen molar-refractivity contribution in [3.8, 4) is 0 Å². The highest BCUT2D eigenvalue weighted by Gasteiger charge is 2.26. The van der Waals surface area contributed by atoms with Gasteiger partial charge in [0.25, 0.3) is 0 Å². The minimum atomic E-state index is -0.0865. The maximum atomic E-state index is 12.3. The molecule has 2 N–H and O–H groups in total. The number of nitrogens with zero attached hydrogens (tertiary/aromatic N) is 1. The second-order valence-corrected chi connectivity index (χ2v) is 5.93. The smallest absolute Gasteiger partial charge is 0.237 e. The Morgan fingerprint density at radius 3 is 2.95 bits per heavy atom. The molecule has 1 amide bonds. The van der Waals surface area contributed by atoms with E-state index in [9.17, 15) is 4.79 Å². The maximum Gasteiger partial charge on any atom is 0.237 e. The van der Waals surface area contributed by atoms with E-state index in [0.717, 1.165) is 26.1 Å². The van der Waals surface area contributed by atoms with Crippen LogP contribution in [0.5, 0.6) is 0 Å². The number of fused-ring (bicyclic) bond motifs is 1. The number of rotatable bonds is 3. The fourth-order valence-electron chi connectivity index (χ4n) is 3.22. The molecule has 1 aromatic carbocycles. The quantitative estimate of drug-likeness (QED) is 0.860. The first-order valence-corrected chi connectivity index (χ1v) is 7.52. The normalized spacial score (nSPS) is 26.2. The van der Waals surface area contributed by atoms with Gasteiger partial charge in [-0.15, -0.1) is 0 Å². The minimum Gasteiger partial charge on any atom is -0.353 e. The van der Waals surface area contributed by atoms with Gasteiger partial charge < -0.3 is 15.5 Å². The van der Waals surface area contributed by atoms with E-state index in [0.29, 0.717) is 6.04 Å². The molecule has 0 bridgehead atoms. The predicted octanol–water partition coefficient (Wildman–Crippen LogP) is 0.911. The second kappa shape index (κ2) is 5.94. The van der Waals surface area contributed by atoms with Gasteiger partial charge in [-0.05, 0) is 44.0 Å². The molecule has 1 saturated heterocycles. The van der Waals surface area contributed by atoms with E-state index in [1.165, 1.54) is 24.0 Å². The number of benzene rings is 1. The largest absolute Gasteiger partial charge is 0.353 e. The van der Waals surface area contributed by atoms with E-state index in [1.807, 2.05) is 6.07 Å². The summed E-state index contributed by atoms with van der Waals surface area (Å²) in [4.78, 5) is 14.6. The highest BCUT2D eigenvalue weighted by atomic mass is 16.2. The summed E-state index contributed by atoms with van der Waals surface area (Å²) in [7, 11) is 2.14. The molecule has 108 valence electrons.